The lowest BCUT2D eigenvalue weighted by Gasteiger charge is -2.22. The second-order valence-corrected chi connectivity index (χ2v) is 4.69. The van der Waals surface area contributed by atoms with E-state index >= 15 is 0 Å². The minimum atomic E-state index is -1.04. The zero-order valence-electron chi connectivity index (χ0n) is 10.2. The summed E-state index contributed by atoms with van der Waals surface area (Å²) in [5.74, 6) is -1.04. The molecule has 1 aliphatic carbocycles. The molecule has 3 N–H and O–H groups in total. The first-order chi connectivity index (χ1) is 8.66. The number of pyridine rings is 1. The van der Waals surface area contributed by atoms with Crippen molar-refractivity contribution in [1.82, 2.24) is 4.98 Å². The Bertz CT molecular complexity index is 422. The molecule has 1 aromatic rings. The molecular formula is C13H18N2O3. The average Bonchev–Trinajstić information content (AvgIpc) is 2.55. The number of nitrogens with one attached hydrogen (secondary N) is 1. The molecule has 5 nitrogen and oxygen atoms in total. The van der Waals surface area contributed by atoms with Crippen molar-refractivity contribution >= 4 is 11.7 Å². The molecule has 98 valence electrons. The van der Waals surface area contributed by atoms with Gasteiger partial charge in [0, 0.05) is 11.9 Å². The van der Waals surface area contributed by atoms with Crippen LogP contribution in [0.5, 0.6) is 0 Å². The number of carboxylic acid groups (broad SMARTS) is 1. The highest BCUT2D eigenvalue weighted by atomic mass is 16.4. The normalized spacial score (nSPS) is 24.3. The number of anilines is 1. The maximum Gasteiger partial charge on any atom is 0.354 e. The minimum Gasteiger partial charge on any atom is -0.477 e. The second kappa shape index (κ2) is 5.82. The lowest BCUT2D eigenvalue weighted by Crippen LogP contribution is -2.32. The standard InChI is InChI=1S/C13H18N2O3/c16-12-5-3-1-2-4-10(12)15-9-6-7-14-11(8-9)13(17)18/h6-8,10,12,16H,1-5H2,(H,14,15)(H,17,18). The second-order valence-electron chi connectivity index (χ2n) is 4.69. The van der Waals surface area contributed by atoms with Crippen LogP contribution in [0.4, 0.5) is 5.69 Å². The van der Waals surface area contributed by atoms with E-state index in [2.05, 4.69) is 10.3 Å². The molecule has 0 amide bonds. The van der Waals surface area contributed by atoms with Gasteiger partial charge in [0.05, 0.1) is 12.1 Å². The molecule has 0 aromatic carbocycles. The zero-order chi connectivity index (χ0) is 13.0. The smallest absolute Gasteiger partial charge is 0.354 e. The van der Waals surface area contributed by atoms with Gasteiger partial charge in [-0.2, -0.15) is 0 Å². The quantitative estimate of drug-likeness (QED) is 0.713. The highest BCUT2D eigenvalue weighted by Crippen LogP contribution is 2.21. The molecular weight excluding hydrogens is 232 g/mol. The molecule has 0 radical (unpaired) electrons. The first kappa shape index (κ1) is 12.8. The van der Waals surface area contributed by atoms with Gasteiger partial charge in [0.25, 0.3) is 0 Å². The van der Waals surface area contributed by atoms with Crippen LogP contribution in [0.1, 0.15) is 42.6 Å². The van der Waals surface area contributed by atoms with Gasteiger partial charge in [0.2, 0.25) is 0 Å². The van der Waals surface area contributed by atoms with E-state index in [-0.39, 0.29) is 17.8 Å². The molecule has 2 unspecified atom stereocenters. The molecule has 2 rings (SSSR count). The Morgan fingerprint density at radius 3 is 2.89 bits per heavy atom. The van der Waals surface area contributed by atoms with E-state index in [1.165, 1.54) is 12.3 Å². The summed E-state index contributed by atoms with van der Waals surface area (Å²) < 4.78 is 0. The van der Waals surface area contributed by atoms with Crippen molar-refractivity contribution in [3.63, 3.8) is 0 Å². The number of aliphatic hydroxyl groups excluding tert-OH is 1. The lowest BCUT2D eigenvalue weighted by molar-refractivity contribution is 0.0690. The molecule has 1 aromatic heterocycles. The fourth-order valence-electron chi connectivity index (χ4n) is 2.31. The van der Waals surface area contributed by atoms with Crippen LogP contribution in [-0.4, -0.2) is 33.3 Å². The Kier molecular flexibility index (Phi) is 4.15. The van der Waals surface area contributed by atoms with Crippen LogP contribution < -0.4 is 5.32 Å². The molecule has 1 aliphatic rings. The summed E-state index contributed by atoms with van der Waals surface area (Å²) in [6.45, 7) is 0. The first-order valence-electron chi connectivity index (χ1n) is 6.31. The largest absolute Gasteiger partial charge is 0.477 e. The van der Waals surface area contributed by atoms with E-state index in [1.54, 1.807) is 6.07 Å². The summed E-state index contributed by atoms with van der Waals surface area (Å²) >= 11 is 0. The van der Waals surface area contributed by atoms with Crippen LogP contribution in [0.25, 0.3) is 0 Å². The van der Waals surface area contributed by atoms with E-state index < -0.39 is 5.97 Å². The molecule has 5 heteroatoms. The van der Waals surface area contributed by atoms with Gasteiger partial charge in [0.1, 0.15) is 5.69 Å². The van der Waals surface area contributed by atoms with Gasteiger partial charge >= 0.3 is 5.97 Å². The Balaban J connectivity index is 2.07. The molecule has 0 bridgehead atoms. The van der Waals surface area contributed by atoms with Crippen molar-refractivity contribution < 1.29 is 15.0 Å². The van der Waals surface area contributed by atoms with Crippen LogP contribution in [0.2, 0.25) is 0 Å². The third-order valence-corrected chi connectivity index (χ3v) is 3.31. The van der Waals surface area contributed by atoms with Gasteiger partial charge in [-0.05, 0) is 25.0 Å². The minimum absolute atomic E-state index is 0.00320. The third kappa shape index (κ3) is 3.20. The number of aromatic nitrogens is 1. The highest BCUT2D eigenvalue weighted by molar-refractivity contribution is 5.86. The molecule has 18 heavy (non-hydrogen) atoms. The SMILES string of the molecule is O=C(O)c1cc(NC2CCCCCC2O)ccn1. The summed E-state index contributed by atoms with van der Waals surface area (Å²) in [7, 11) is 0. The van der Waals surface area contributed by atoms with Gasteiger partial charge in [-0.15, -0.1) is 0 Å². The fraction of sp³-hybridized carbons (Fsp3) is 0.538. The summed E-state index contributed by atoms with van der Waals surface area (Å²) in [6.07, 6.45) is 6.09. The Morgan fingerprint density at radius 1 is 1.33 bits per heavy atom. The molecule has 0 aliphatic heterocycles. The Morgan fingerprint density at radius 2 is 2.11 bits per heavy atom. The number of hydrogen-bond donors (Lipinski definition) is 3. The Labute approximate surface area is 106 Å². The number of rotatable bonds is 3. The van der Waals surface area contributed by atoms with Crippen LogP contribution >= 0.6 is 0 Å². The molecule has 1 fully saturated rings. The summed E-state index contributed by atoms with van der Waals surface area (Å²) in [6, 6.07) is 3.22. The molecule has 0 spiro atoms. The van der Waals surface area contributed by atoms with Crippen molar-refractivity contribution in [3.8, 4) is 0 Å². The topological polar surface area (TPSA) is 82.5 Å². The van der Waals surface area contributed by atoms with Crippen LogP contribution in [0.15, 0.2) is 18.3 Å². The number of carboxylic acids is 1. The maximum atomic E-state index is 10.8. The van der Waals surface area contributed by atoms with E-state index in [9.17, 15) is 9.90 Å². The molecule has 0 saturated heterocycles. The maximum absolute atomic E-state index is 10.8. The molecule has 1 heterocycles. The van der Waals surface area contributed by atoms with Crippen LogP contribution in [-0.2, 0) is 0 Å². The average molecular weight is 250 g/mol. The summed E-state index contributed by atoms with van der Waals surface area (Å²) in [4.78, 5) is 14.6. The van der Waals surface area contributed by atoms with Gasteiger partial charge in [-0.3, -0.25) is 0 Å². The third-order valence-electron chi connectivity index (χ3n) is 3.31. The van der Waals surface area contributed by atoms with Crippen molar-refractivity contribution in [1.29, 1.82) is 0 Å². The Hall–Kier alpha value is -1.62. The van der Waals surface area contributed by atoms with E-state index in [0.29, 0.717) is 5.69 Å². The van der Waals surface area contributed by atoms with Gasteiger partial charge < -0.3 is 15.5 Å². The van der Waals surface area contributed by atoms with Crippen LogP contribution in [0.3, 0.4) is 0 Å². The lowest BCUT2D eigenvalue weighted by atomic mass is 10.1. The number of carbonyl (C=O) groups is 1. The number of nitrogens with zero attached hydrogens (tertiary/aromatic N) is 1. The zero-order valence-corrected chi connectivity index (χ0v) is 10.2. The highest BCUT2D eigenvalue weighted by Gasteiger charge is 2.21. The van der Waals surface area contributed by atoms with Crippen molar-refractivity contribution in [2.75, 3.05) is 5.32 Å². The van der Waals surface area contributed by atoms with Gasteiger partial charge in [-0.1, -0.05) is 19.3 Å². The number of aromatic carboxylic acids is 1. The van der Waals surface area contributed by atoms with Crippen molar-refractivity contribution in [3.05, 3.63) is 24.0 Å². The van der Waals surface area contributed by atoms with E-state index in [0.717, 1.165) is 32.1 Å². The van der Waals surface area contributed by atoms with Crippen molar-refractivity contribution in [2.24, 2.45) is 0 Å². The number of aliphatic hydroxyl groups is 1. The predicted octanol–water partition coefficient (Wildman–Crippen LogP) is 1.89. The molecule has 1 saturated carbocycles. The van der Waals surface area contributed by atoms with Crippen molar-refractivity contribution in [2.45, 2.75) is 44.2 Å². The monoisotopic (exact) mass is 250 g/mol. The summed E-state index contributed by atoms with van der Waals surface area (Å²) in [5.41, 5.74) is 0.719. The summed E-state index contributed by atoms with van der Waals surface area (Å²) in [5, 5.41) is 22.1. The van der Waals surface area contributed by atoms with E-state index in [1.807, 2.05) is 0 Å². The fourth-order valence-corrected chi connectivity index (χ4v) is 2.31. The van der Waals surface area contributed by atoms with E-state index in [4.69, 9.17) is 5.11 Å². The predicted molar refractivity (Wildman–Crippen MR) is 67.7 cm³/mol. The number of hydrogen-bond acceptors (Lipinski definition) is 4. The molecule has 2 atom stereocenters. The van der Waals surface area contributed by atoms with Gasteiger partial charge in [0.15, 0.2) is 0 Å². The van der Waals surface area contributed by atoms with Gasteiger partial charge in [-0.25, -0.2) is 9.78 Å². The van der Waals surface area contributed by atoms with Crippen LogP contribution in [0, 0.1) is 0 Å². The first-order valence-corrected chi connectivity index (χ1v) is 6.31.